The summed E-state index contributed by atoms with van der Waals surface area (Å²) in [5.74, 6) is 0.238. The fourth-order valence-electron chi connectivity index (χ4n) is 2.50. The van der Waals surface area contributed by atoms with Gasteiger partial charge in [0, 0.05) is 12.3 Å². The number of hydrogen-bond acceptors (Lipinski definition) is 6. The molecule has 2 aromatic rings. The molecule has 142 valence electrons. The van der Waals surface area contributed by atoms with Crippen LogP contribution in [0.5, 0.6) is 5.75 Å². The number of sulfone groups is 1. The molecule has 0 unspecified atom stereocenters. The number of fused-ring (bicyclic) bond motifs is 1. The van der Waals surface area contributed by atoms with E-state index in [0.717, 1.165) is 3.70 Å². The highest BCUT2D eigenvalue weighted by Crippen LogP contribution is 2.33. The Hall–Kier alpha value is -1.56. The van der Waals surface area contributed by atoms with Crippen LogP contribution in [0.2, 0.25) is 0 Å². The van der Waals surface area contributed by atoms with Gasteiger partial charge in [-0.25, -0.2) is 18.2 Å². The van der Waals surface area contributed by atoms with E-state index in [9.17, 15) is 13.2 Å². The van der Waals surface area contributed by atoms with Gasteiger partial charge in [0.05, 0.1) is 24.0 Å². The van der Waals surface area contributed by atoms with Gasteiger partial charge in [0.15, 0.2) is 9.84 Å². The standard InChI is InChI=1S/C16H20IN3O5S/c1-16(2,3)26(22,23)12-10-20-13(17)9-18-14(20)8-11(12)24-6-4-19-5-7-25-15(19)21/h8-10H,4-7H2,1-3H3. The first-order valence-corrected chi connectivity index (χ1v) is 10.6. The number of hydrogen-bond donors (Lipinski definition) is 0. The van der Waals surface area contributed by atoms with Crippen molar-refractivity contribution in [1.82, 2.24) is 14.3 Å². The van der Waals surface area contributed by atoms with Crippen LogP contribution in [0.4, 0.5) is 4.79 Å². The second-order valence-corrected chi connectivity index (χ2v) is 10.7. The quantitative estimate of drug-likeness (QED) is 0.595. The topological polar surface area (TPSA) is 90.2 Å². The summed E-state index contributed by atoms with van der Waals surface area (Å²) in [4.78, 5) is 17.4. The minimum absolute atomic E-state index is 0.109. The minimum atomic E-state index is -3.64. The van der Waals surface area contributed by atoms with E-state index in [4.69, 9.17) is 9.47 Å². The SMILES string of the molecule is CC(C)(C)S(=O)(=O)c1cn2c(I)cnc2cc1OCCN1CCOC1=O. The number of amides is 1. The number of cyclic esters (lactones) is 1. The predicted octanol–water partition coefficient (Wildman–Crippen LogP) is 2.34. The monoisotopic (exact) mass is 493 g/mol. The van der Waals surface area contributed by atoms with E-state index in [1.54, 1.807) is 43.6 Å². The number of carbonyl (C=O) groups is 1. The maximum Gasteiger partial charge on any atom is 0.410 e. The molecule has 1 fully saturated rings. The first-order valence-electron chi connectivity index (χ1n) is 8.07. The Morgan fingerprint density at radius 3 is 2.73 bits per heavy atom. The van der Waals surface area contributed by atoms with Crippen LogP contribution in [0.15, 0.2) is 23.4 Å². The van der Waals surface area contributed by atoms with Gasteiger partial charge >= 0.3 is 6.09 Å². The van der Waals surface area contributed by atoms with E-state index in [1.807, 2.05) is 0 Å². The van der Waals surface area contributed by atoms with Gasteiger partial charge in [0.25, 0.3) is 0 Å². The molecule has 0 spiro atoms. The summed E-state index contributed by atoms with van der Waals surface area (Å²) < 4.78 is 38.2. The lowest BCUT2D eigenvalue weighted by Crippen LogP contribution is -2.30. The van der Waals surface area contributed by atoms with Crippen LogP contribution >= 0.6 is 22.6 Å². The molecule has 8 nitrogen and oxygen atoms in total. The van der Waals surface area contributed by atoms with Crippen LogP contribution in [0.25, 0.3) is 5.65 Å². The number of aromatic nitrogens is 2. The third-order valence-electron chi connectivity index (χ3n) is 4.09. The van der Waals surface area contributed by atoms with E-state index in [-0.39, 0.29) is 23.3 Å². The van der Waals surface area contributed by atoms with Crippen molar-refractivity contribution in [2.75, 3.05) is 26.3 Å². The minimum Gasteiger partial charge on any atom is -0.490 e. The molecule has 0 aliphatic carbocycles. The molecule has 26 heavy (non-hydrogen) atoms. The Morgan fingerprint density at radius 1 is 1.38 bits per heavy atom. The van der Waals surface area contributed by atoms with E-state index in [1.165, 1.54) is 4.90 Å². The Kier molecular flexibility index (Phi) is 5.08. The number of rotatable bonds is 5. The van der Waals surface area contributed by atoms with Gasteiger partial charge in [0.1, 0.15) is 33.2 Å². The Balaban J connectivity index is 1.94. The molecule has 3 rings (SSSR count). The van der Waals surface area contributed by atoms with Crippen molar-refractivity contribution in [2.24, 2.45) is 0 Å². The molecule has 0 saturated carbocycles. The van der Waals surface area contributed by atoms with E-state index >= 15 is 0 Å². The first kappa shape index (κ1) is 19.2. The Labute approximate surface area is 165 Å². The van der Waals surface area contributed by atoms with Crippen LogP contribution in [-0.4, -0.2) is 59.8 Å². The van der Waals surface area contributed by atoms with Crippen molar-refractivity contribution in [1.29, 1.82) is 0 Å². The lowest BCUT2D eigenvalue weighted by Gasteiger charge is -2.22. The molecular weight excluding hydrogens is 473 g/mol. The molecule has 1 saturated heterocycles. The number of ether oxygens (including phenoxy) is 2. The summed E-state index contributed by atoms with van der Waals surface area (Å²) in [6.45, 7) is 6.30. The van der Waals surface area contributed by atoms with Crippen LogP contribution in [0, 0.1) is 3.70 Å². The summed E-state index contributed by atoms with van der Waals surface area (Å²) in [7, 11) is -3.64. The summed E-state index contributed by atoms with van der Waals surface area (Å²) in [5, 5.41) is 0. The second-order valence-electron chi connectivity index (χ2n) is 6.88. The molecular formula is C16H20IN3O5S. The highest BCUT2D eigenvalue weighted by atomic mass is 127. The molecule has 0 atom stereocenters. The van der Waals surface area contributed by atoms with Crippen molar-refractivity contribution >= 4 is 44.2 Å². The molecule has 0 aromatic carbocycles. The highest BCUT2D eigenvalue weighted by molar-refractivity contribution is 14.1. The fourth-order valence-corrected chi connectivity index (χ4v) is 4.31. The van der Waals surface area contributed by atoms with Gasteiger partial charge in [-0.05, 0) is 43.4 Å². The number of pyridine rings is 1. The normalized spacial score (nSPS) is 15.5. The van der Waals surface area contributed by atoms with Crippen LogP contribution in [-0.2, 0) is 14.6 Å². The molecule has 3 heterocycles. The van der Waals surface area contributed by atoms with Gasteiger partial charge in [0.2, 0.25) is 0 Å². The number of carbonyl (C=O) groups excluding carboxylic acids is 1. The number of halogens is 1. The number of imidazole rings is 1. The van der Waals surface area contributed by atoms with Gasteiger partial charge in [-0.2, -0.15) is 0 Å². The van der Waals surface area contributed by atoms with Gasteiger partial charge in [-0.15, -0.1) is 0 Å². The molecule has 2 aromatic heterocycles. The average molecular weight is 493 g/mol. The van der Waals surface area contributed by atoms with Crippen LogP contribution in [0.1, 0.15) is 20.8 Å². The van der Waals surface area contributed by atoms with Gasteiger partial charge in [-0.3, -0.25) is 4.40 Å². The zero-order valence-corrected chi connectivity index (χ0v) is 17.7. The molecule has 0 N–H and O–H groups in total. The zero-order chi connectivity index (χ0) is 19.1. The maximum atomic E-state index is 13.0. The lowest BCUT2D eigenvalue weighted by molar-refractivity contribution is 0.152. The predicted molar refractivity (Wildman–Crippen MR) is 103 cm³/mol. The highest BCUT2D eigenvalue weighted by Gasteiger charge is 2.34. The largest absolute Gasteiger partial charge is 0.490 e. The summed E-state index contributed by atoms with van der Waals surface area (Å²) in [6.07, 6.45) is 2.83. The van der Waals surface area contributed by atoms with Gasteiger partial charge in [-0.1, -0.05) is 0 Å². The molecule has 1 aliphatic heterocycles. The lowest BCUT2D eigenvalue weighted by atomic mass is 10.3. The molecule has 0 radical (unpaired) electrons. The van der Waals surface area contributed by atoms with E-state index in [2.05, 4.69) is 27.6 Å². The fraction of sp³-hybridized carbons (Fsp3) is 0.500. The summed E-state index contributed by atoms with van der Waals surface area (Å²) in [6, 6.07) is 1.61. The van der Waals surface area contributed by atoms with Crippen molar-refractivity contribution in [2.45, 2.75) is 30.4 Å². The van der Waals surface area contributed by atoms with Crippen LogP contribution < -0.4 is 4.74 Å². The van der Waals surface area contributed by atoms with Gasteiger partial charge < -0.3 is 14.4 Å². The Bertz CT molecular complexity index is 949. The second kappa shape index (κ2) is 6.87. The smallest absolute Gasteiger partial charge is 0.410 e. The molecule has 1 amide bonds. The first-order chi connectivity index (χ1) is 12.1. The van der Waals surface area contributed by atoms with E-state index in [0.29, 0.717) is 25.3 Å². The molecule has 10 heteroatoms. The maximum absolute atomic E-state index is 13.0. The third-order valence-corrected chi connectivity index (χ3v) is 7.39. The van der Waals surface area contributed by atoms with Crippen molar-refractivity contribution < 1.29 is 22.7 Å². The van der Waals surface area contributed by atoms with Crippen molar-refractivity contribution in [3.8, 4) is 5.75 Å². The third kappa shape index (κ3) is 3.48. The number of nitrogens with zero attached hydrogens (tertiary/aromatic N) is 3. The summed E-state index contributed by atoms with van der Waals surface area (Å²) in [5.41, 5.74) is 0.595. The average Bonchev–Trinajstić information content (AvgIpc) is 3.12. The van der Waals surface area contributed by atoms with Crippen molar-refractivity contribution in [3.63, 3.8) is 0 Å². The molecule has 1 aliphatic rings. The summed E-state index contributed by atoms with van der Waals surface area (Å²) >= 11 is 2.09. The van der Waals surface area contributed by atoms with E-state index < -0.39 is 14.6 Å². The van der Waals surface area contributed by atoms with Crippen molar-refractivity contribution in [3.05, 3.63) is 22.2 Å². The molecule has 0 bridgehead atoms. The zero-order valence-electron chi connectivity index (χ0n) is 14.7. The van der Waals surface area contributed by atoms with Crippen LogP contribution in [0.3, 0.4) is 0 Å². The Morgan fingerprint density at radius 2 is 2.12 bits per heavy atom.